The van der Waals surface area contributed by atoms with Crippen LogP contribution in [0.2, 0.25) is 0 Å². The second kappa shape index (κ2) is 7.56. The zero-order chi connectivity index (χ0) is 14.5. The summed E-state index contributed by atoms with van der Waals surface area (Å²) in [5.41, 5.74) is 0. The fraction of sp³-hybridized carbons (Fsp3) is 0.824. The van der Waals surface area contributed by atoms with Gasteiger partial charge in [-0.05, 0) is 57.4 Å². The lowest BCUT2D eigenvalue weighted by atomic mass is 9.77. The first-order chi connectivity index (χ1) is 9.61. The van der Waals surface area contributed by atoms with Gasteiger partial charge in [-0.1, -0.05) is 20.8 Å². The molecule has 0 saturated heterocycles. The van der Waals surface area contributed by atoms with Crippen molar-refractivity contribution in [3.05, 3.63) is 16.1 Å². The highest BCUT2D eigenvalue weighted by Gasteiger charge is 2.26. The molecular formula is C17H30N2S. The Morgan fingerprint density at radius 3 is 2.55 bits per heavy atom. The molecule has 114 valence electrons. The molecule has 1 fully saturated rings. The molecule has 1 unspecified atom stereocenters. The van der Waals surface area contributed by atoms with Gasteiger partial charge in [0.1, 0.15) is 0 Å². The summed E-state index contributed by atoms with van der Waals surface area (Å²) in [5.74, 6) is 2.51. The summed E-state index contributed by atoms with van der Waals surface area (Å²) in [5, 5.41) is 4.94. The fourth-order valence-electron chi connectivity index (χ4n) is 3.18. The Kier molecular flexibility index (Phi) is 6.03. The Hall–Kier alpha value is -0.410. The van der Waals surface area contributed by atoms with Gasteiger partial charge in [-0.15, -0.1) is 11.3 Å². The summed E-state index contributed by atoms with van der Waals surface area (Å²) in [6, 6.07) is 0.452. The van der Waals surface area contributed by atoms with Crippen LogP contribution in [0.5, 0.6) is 0 Å². The van der Waals surface area contributed by atoms with Crippen molar-refractivity contribution in [2.45, 2.75) is 71.8 Å². The first-order valence-electron chi connectivity index (χ1n) is 8.30. The highest BCUT2D eigenvalue weighted by molar-refractivity contribution is 7.11. The molecule has 0 spiro atoms. The number of rotatable bonds is 6. The fourth-order valence-corrected chi connectivity index (χ4v) is 4.30. The number of hydrogen-bond donors (Lipinski definition) is 1. The van der Waals surface area contributed by atoms with Crippen LogP contribution in [0, 0.1) is 11.8 Å². The van der Waals surface area contributed by atoms with Gasteiger partial charge in [0.25, 0.3) is 0 Å². The van der Waals surface area contributed by atoms with Crippen molar-refractivity contribution in [2.75, 3.05) is 6.54 Å². The minimum Gasteiger partial charge on any atom is -0.309 e. The number of thiazole rings is 1. The van der Waals surface area contributed by atoms with Gasteiger partial charge in [0.15, 0.2) is 0 Å². The van der Waals surface area contributed by atoms with E-state index in [9.17, 15) is 0 Å². The molecule has 2 rings (SSSR count). The topological polar surface area (TPSA) is 24.9 Å². The third kappa shape index (κ3) is 4.05. The number of nitrogens with zero attached hydrogens (tertiary/aromatic N) is 1. The van der Waals surface area contributed by atoms with Crippen LogP contribution in [0.3, 0.4) is 0 Å². The van der Waals surface area contributed by atoms with Crippen LogP contribution >= 0.6 is 11.3 Å². The summed E-state index contributed by atoms with van der Waals surface area (Å²) < 4.78 is 0. The molecule has 3 heteroatoms. The Morgan fingerprint density at radius 2 is 1.95 bits per heavy atom. The Morgan fingerprint density at radius 1 is 1.25 bits per heavy atom. The number of hydrogen-bond acceptors (Lipinski definition) is 3. The second-order valence-corrected chi connectivity index (χ2v) is 7.73. The number of aromatic nitrogens is 1. The lowest BCUT2D eigenvalue weighted by molar-refractivity contribution is 0.258. The maximum atomic E-state index is 4.72. The summed E-state index contributed by atoms with van der Waals surface area (Å²) in [7, 11) is 0. The van der Waals surface area contributed by atoms with Gasteiger partial charge in [0, 0.05) is 23.0 Å². The van der Waals surface area contributed by atoms with E-state index in [1.807, 2.05) is 11.3 Å². The van der Waals surface area contributed by atoms with Crippen molar-refractivity contribution in [3.8, 4) is 0 Å². The zero-order valence-electron chi connectivity index (χ0n) is 13.5. The first kappa shape index (κ1) is 16.0. The van der Waals surface area contributed by atoms with E-state index in [2.05, 4.69) is 39.2 Å². The van der Waals surface area contributed by atoms with Gasteiger partial charge in [0.05, 0.1) is 5.01 Å². The van der Waals surface area contributed by atoms with Gasteiger partial charge < -0.3 is 5.32 Å². The van der Waals surface area contributed by atoms with E-state index in [1.165, 1.54) is 42.0 Å². The molecule has 1 aliphatic rings. The van der Waals surface area contributed by atoms with Crippen LogP contribution in [-0.4, -0.2) is 11.5 Å². The van der Waals surface area contributed by atoms with Crippen LogP contribution in [0.15, 0.2) is 6.20 Å². The second-order valence-electron chi connectivity index (χ2n) is 6.63. The predicted octanol–water partition coefficient (Wildman–Crippen LogP) is 5.13. The summed E-state index contributed by atoms with van der Waals surface area (Å²) in [4.78, 5) is 6.12. The molecule has 0 aliphatic heterocycles. The van der Waals surface area contributed by atoms with Crippen molar-refractivity contribution < 1.29 is 0 Å². The zero-order valence-corrected chi connectivity index (χ0v) is 14.3. The van der Waals surface area contributed by atoms with Crippen molar-refractivity contribution in [1.82, 2.24) is 10.3 Å². The Balaban J connectivity index is 1.89. The van der Waals surface area contributed by atoms with E-state index in [4.69, 9.17) is 4.98 Å². The van der Waals surface area contributed by atoms with Crippen molar-refractivity contribution in [1.29, 1.82) is 0 Å². The van der Waals surface area contributed by atoms with E-state index in [-0.39, 0.29) is 0 Å². The van der Waals surface area contributed by atoms with Crippen LogP contribution in [-0.2, 0) is 0 Å². The molecule has 1 atom stereocenters. The lowest BCUT2D eigenvalue weighted by Crippen LogP contribution is -2.18. The summed E-state index contributed by atoms with van der Waals surface area (Å²) >= 11 is 1.93. The standard InChI is InChI=1S/C17H30N2S/c1-5-10-18-13(4)16-11-19-17(20-16)15-8-6-14(7-9-15)12(2)3/h11-15,18H,5-10H2,1-4H3. The molecule has 1 saturated carbocycles. The maximum Gasteiger partial charge on any atom is 0.0959 e. The van der Waals surface area contributed by atoms with Gasteiger partial charge in [-0.2, -0.15) is 0 Å². The first-order valence-corrected chi connectivity index (χ1v) is 9.12. The Labute approximate surface area is 128 Å². The summed E-state index contributed by atoms with van der Waals surface area (Å²) in [6.45, 7) is 10.3. The van der Waals surface area contributed by atoms with Crippen molar-refractivity contribution >= 4 is 11.3 Å². The van der Waals surface area contributed by atoms with E-state index in [1.54, 1.807) is 0 Å². The molecule has 0 aromatic carbocycles. The normalized spacial score (nSPS) is 25.1. The molecule has 0 bridgehead atoms. The third-order valence-corrected chi connectivity index (χ3v) is 6.08. The van der Waals surface area contributed by atoms with E-state index < -0.39 is 0 Å². The highest BCUT2D eigenvalue weighted by Crippen LogP contribution is 2.40. The molecule has 1 aliphatic carbocycles. The third-order valence-electron chi connectivity index (χ3n) is 4.73. The SMILES string of the molecule is CCCNC(C)c1cnc(C2CCC(C(C)C)CC2)s1. The Bertz CT molecular complexity index is 391. The molecule has 1 aromatic heterocycles. The monoisotopic (exact) mass is 294 g/mol. The quantitative estimate of drug-likeness (QED) is 0.786. The van der Waals surface area contributed by atoms with E-state index >= 15 is 0 Å². The molecule has 1 N–H and O–H groups in total. The van der Waals surface area contributed by atoms with Crippen LogP contribution < -0.4 is 5.32 Å². The van der Waals surface area contributed by atoms with Gasteiger partial charge >= 0.3 is 0 Å². The van der Waals surface area contributed by atoms with Crippen LogP contribution in [0.25, 0.3) is 0 Å². The van der Waals surface area contributed by atoms with Crippen LogP contribution in [0.4, 0.5) is 0 Å². The molecule has 0 amide bonds. The van der Waals surface area contributed by atoms with Crippen molar-refractivity contribution in [3.63, 3.8) is 0 Å². The number of nitrogens with one attached hydrogen (secondary N) is 1. The smallest absolute Gasteiger partial charge is 0.0959 e. The van der Waals surface area contributed by atoms with Gasteiger partial charge in [-0.25, -0.2) is 4.98 Å². The molecule has 20 heavy (non-hydrogen) atoms. The highest BCUT2D eigenvalue weighted by atomic mass is 32.1. The molecule has 1 heterocycles. The van der Waals surface area contributed by atoms with E-state index in [0.717, 1.165) is 24.3 Å². The van der Waals surface area contributed by atoms with Gasteiger partial charge in [0.2, 0.25) is 0 Å². The lowest BCUT2D eigenvalue weighted by Gasteiger charge is -2.29. The molecule has 1 aromatic rings. The minimum atomic E-state index is 0.452. The minimum absolute atomic E-state index is 0.452. The maximum absolute atomic E-state index is 4.72. The summed E-state index contributed by atoms with van der Waals surface area (Å²) in [6.07, 6.45) is 8.75. The molecular weight excluding hydrogens is 264 g/mol. The molecule has 0 radical (unpaired) electrons. The predicted molar refractivity (Wildman–Crippen MR) is 88.4 cm³/mol. The molecule has 2 nitrogen and oxygen atoms in total. The average Bonchev–Trinajstić information content (AvgIpc) is 2.94. The van der Waals surface area contributed by atoms with Crippen LogP contribution in [0.1, 0.15) is 81.6 Å². The van der Waals surface area contributed by atoms with E-state index in [0.29, 0.717) is 6.04 Å². The average molecular weight is 295 g/mol. The largest absolute Gasteiger partial charge is 0.309 e. The van der Waals surface area contributed by atoms with Crippen molar-refractivity contribution in [2.24, 2.45) is 11.8 Å². The van der Waals surface area contributed by atoms with Gasteiger partial charge in [-0.3, -0.25) is 0 Å².